The first-order valence-corrected chi connectivity index (χ1v) is 8.98. The quantitative estimate of drug-likeness (QED) is 0.647. The largest absolute Gasteiger partial charge is 0.319 e. The highest BCUT2D eigenvalue weighted by molar-refractivity contribution is 7.72. The van der Waals surface area contributed by atoms with Crippen LogP contribution in [0.3, 0.4) is 0 Å². The summed E-state index contributed by atoms with van der Waals surface area (Å²) in [7, 11) is -2.12. The third-order valence-electron chi connectivity index (χ3n) is 4.95. The third-order valence-corrected chi connectivity index (χ3v) is 8.48. The van der Waals surface area contributed by atoms with Crippen molar-refractivity contribution in [3.8, 4) is 0 Å². The van der Waals surface area contributed by atoms with Gasteiger partial charge in [0.1, 0.15) is 7.14 Å². The van der Waals surface area contributed by atoms with E-state index in [1.165, 1.54) is 22.0 Å². The van der Waals surface area contributed by atoms with Crippen LogP contribution in [0.15, 0.2) is 12.1 Å². The molecule has 0 spiro atoms. The van der Waals surface area contributed by atoms with Crippen LogP contribution in [0.5, 0.6) is 0 Å². The first kappa shape index (κ1) is 12.5. The standard InChI is InChI=1S/C16H23OP/c1-11-6-7-12-14-13(11)16(4,5)10-18(14,17)9-8-15(12,2)3/h6-7H,8-10H2,1-5H3. The van der Waals surface area contributed by atoms with E-state index in [0.29, 0.717) is 0 Å². The van der Waals surface area contributed by atoms with E-state index in [2.05, 4.69) is 46.8 Å². The minimum atomic E-state index is -2.12. The van der Waals surface area contributed by atoms with Gasteiger partial charge in [0.05, 0.1) is 0 Å². The van der Waals surface area contributed by atoms with Crippen molar-refractivity contribution < 1.29 is 4.57 Å². The second kappa shape index (κ2) is 3.31. The Kier molecular flexibility index (Phi) is 2.29. The molecule has 2 heteroatoms. The molecule has 0 aromatic heterocycles. The van der Waals surface area contributed by atoms with Gasteiger partial charge in [-0.25, -0.2) is 0 Å². The van der Waals surface area contributed by atoms with Crippen molar-refractivity contribution in [3.63, 3.8) is 0 Å². The molecule has 18 heavy (non-hydrogen) atoms. The van der Waals surface area contributed by atoms with Crippen LogP contribution in [-0.4, -0.2) is 12.3 Å². The van der Waals surface area contributed by atoms with Gasteiger partial charge in [-0.2, -0.15) is 0 Å². The predicted octanol–water partition coefficient (Wildman–Crippen LogP) is 3.96. The molecule has 1 atom stereocenters. The molecule has 0 bridgehead atoms. The van der Waals surface area contributed by atoms with Crippen molar-refractivity contribution in [3.05, 3.63) is 28.8 Å². The summed E-state index contributed by atoms with van der Waals surface area (Å²) in [4.78, 5) is 0. The maximum atomic E-state index is 13.3. The fraction of sp³-hybridized carbons (Fsp3) is 0.625. The van der Waals surface area contributed by atoms with E-state index < -0.39 is 7.14 Å². The molecule has 1 unspecified atom stereocenters. The molecule has 1 aromatic carbocycles. The summed E-state index contributed by atoms with van der Waals surface area (Å²) in [6.07, 6.45) is 2.85. The molecule has 0 N–H and O–H groups in total. The fourth-order valence-corrected chi connectivity index (χ4v) is 8.70. The summed E-state index contributed by atoms with van der Waals surface area (Å²) >= 11 is 0. The summed E-state index contributed by atoms with van der Waals surface area (Å²) in [5.41, 5.74) is 4.37. The molecule has 0 saturated carbocycles. The average Bonchev–Trinajstić information content (AvgIpc) is 2.45. The topological polar surface area (TPSA) is 17.1 Å². The first-order chi connectivity index (χ1) is 8.17. The highest BCUT2D eigenvalue weighted by Gasteiger charge is 2.50. The van der Waals surface area contributed by atoms with E-state index in [9.17, 15) is 4.57 Å². The van der Waals surface area contributed by atoms with Crippen molar-refractivity contribution in [2.75, 3.05) is 12.3 Å². The maximum absolute atomic E-state index is 13.3. The molecule has 0 amide bonds. The van der Waals surface area contributed by atoms with Crippen LogP contribution in [0.25, 0.3) is 0 Å². The lowest BCUT2D eigenvalue weighted by Crippen LogP contribution is -2.33. The summed E-state index contributed by atoms with van der Waals surface area (Å²) in [6, 6.07) is 4.47. The van der Waals surface area contributed by atoms with Crippen LogP contribution < -0.4 is 5.30 Å². The molecule has 0 aliphatic carbocycles. The zero-order chi connectivity index (χ0) is 13.3. The molecule has 2 aliphatic heterocycles. The van der Waals surface area contributed by atoms with Gasteiger partial charge in [-0.05, 0) is 40.9 Å². The second-order valence-corrected chi connectivity index (χ2v) is 10.4. The van der Waals surface area contributed by atoms with Gasteiger partial charge in [-0.15, -0.1) is 0 Å². The smallest absolute Gasteiger partial charge is 0.117 e. The SMILES string of the molecule is Cc1ccc2c3c1C(C)(C)CP3(=O)CCC2(C)C. The molecular weight excluding hydrogens is 239 g/mol. The van der Waals surface area contributed by atoms with Gasteiger partial charge < -0.3 is 4.57 Å². The Labute approximate surface area is 110 Å². The molecule has 98 valence electrons. The highest BCUT2D eigenvalue weighted by Crippen LogP contribution is 2.62. The lowest BCUT2D eigenvalue weighted by atomic mass is 9.77. The molecule has 3 rings (SSSR count). The zero-order valence-electron chi connectivity index (χ0n) is 12.1. The van der Waals surface area contributed by atoms with Gasteiger partial charge in [0.2, 0.25) is 0 Å². The minimum Gasteiger partial charge on any atom is -0.319 e. The summed E-state index contributed by atoms with van der Waals surface area (Å²) in [5, 5.41) is 1.27. The molecule has 0 radical (unpaired) electrons. The number of benzene rings is 1. The van der Waals surface area contributed by atoms with Gasteiger partial charge in [0.25, 0.3) is 0 Å². The van der Waals surface area contributed by atoms with E-state index in [-0.39, 0.29) is 10.8 Å². The third kappa shape index (κ3) is 1.43. The van der Waals surface area contributed by atoms with Crippen molar-refractivity contribution in [1.29, 1.82) is 0 Å². The van der Waals surface area contributed by atoms with Crippen LogP contribution >= 0.6 is 7.14 Å². The number of hydrogen-bond acceptors (Lipinski definition) is 1. The average molecular weight is 262 g/mol. The van der Waals surface area contributed by atoms with E-state index >= 15 is 0 Å². The minimum absolute atomic E-state index is 0.0887. The summed E-state index contributed by atoms with van der Waals surface area (Å²) < 4.78 is 13.3. The Bertz CT molecular complexity index is 581. The molecule has 1 nitrogen and oxygen atoms in total. The van der Waals surface area contributed by atoms with Crippen LogP contribution in [-0.2, 0) is 15.4 Å². The first-order valence-electron chi connectivity index (χ1n) is 6.91. The van der Waals surface area contributed by atoms with Crippen molar-refractivity contribution in [1.82, 2.24) is 0 Å². The molecule has 2 heterocycles. The molecule has 2 aliphatic rings. The Balaban J connectivity index is 2.43. The van der Waals surface area contributed by atoms with E-state index in [0.717, 1.165) is 18.7 Å². The van der Waals surface area contributed by atoms with Crippen LogP contribution in [0.1, 0.15) is 50.8 Å². The molecule has 1 aromatic rings. The van der Waals surface area contributed by atoms with Gasteiger partial charge in [-0.3, -0.25) is 0 Å². The predicted molar refractivity (Wildman–Crippen MR) is 78.8 cm³/mol. The number of rotatable bonds is 0. The Morgan fingerprint density at radius 3 is 2.44 bits per heavy atom. The monoisotopic (exact) mass is 262 g/mol. The Hall–Kier alpha value is -0.550. The van der Waals surface area contributed by atoms with E-state index in [1.807, 2.05) is 0 Å². The lowest BCUT2D eigenvalue weighted by molar-refractivity contribution is 0.494. The lowest BCUT2D eigenvalue weighted by Gasteiger charge is -2.35. The van der Waals surface area contributed by atoms with E-state index in [4.69, 9.17) is 0 Å². The normalized spacial score (nSPS) is 31.2. The Morgan fingerprint density at radius 1 is 1.11 bits per heavy atom. The second-order valence-electron chi connectivity index (χ2n) is 7.44. The van der Waals surface area contributed by atoms with Crippen LogP contribution in [0, 0.1) is 6.92 Å². The van der Waals surface area contributed by atoms with Crippen molar-refractivity contribution >= 4 is 12.4 Å². The molecule has 0 saturated heterocycles. The van der Waals surface area contributed by atoms with Gasteiger partial charge in [-0.1, -0.05) is 39.8 Å². The van der Waals surface area contributed by atoms with Gasteiger partial charge in [0.15, 0.2) is 0 Å². The Morgan fingerprint density at radius 2 is 1.78 bits per heavy atom. The van der Waals surface area contributed by atoms with Crippen LogP contribution in [0.2, 0.25) is 0 Å². The summed E-state index contributed by atoms with van der Waals surface area (Å²) in [6.45, 7) is 11.3. The molecular formula is C16H23OP. The zero-order valence-corrected chi connectivity index (χ0v) is 13.0. The number of aryl methyl sites for hydroxylation is 1. The highest BCUT2D eigenvalue weighted by atomic mass is 31.2. The fourth-order valence-electron chi connectivity index (χ4n) is 4.10. The molecule has 0 fully saturated rings. The van der Waals surface area contributed by atoms with Crippen molar-refractivity contribution in [2.45, 2.75) is 51.9 Å². The van der Waals surface area contributed by atoms with E-state index in [1.54, 1.807) is 0 Å². The summed E-state index contributed by atoms with van der Waals surface area (Å²) in [5.74, 6) is 0. The number of hydrogen-bond donors (Lipinski definition) is 0. The van der Waals surface area contributed by atoms with Gasteiger partial charge >= 0.3 is 0 Å². The van der Waals surface area contributed by atoms with Gasteiger partial charge in [0, 0.05) is 17.6 Å². The maximum Gasteiger partial charge on any atom is 0.117 e. The van der Waals surface area contributed by atoms with Crippen LogP contribution in [0.4, 0.5) is 0 Å². The van der Waals surface area contributed by atoms with Crippen molar-refractivity contribution in [2.24, 2.45) is 0 Å².